The number of hydrogen-bond acceptors (Lipinski definition) is 7. The second kappa shape index (κ2) is 8.05. The summed E-state index contributed by atoms with van der Waals surface area (Å²) in [6.45, 7) is 2.37. The van der Waals surface area contributed by atoms with Gasteiger partial charge in [0.15, 0.2) is 11.5 Å². The van der Waals surface area contributed by atoms with Gasteiger partial charge in [-0.3, -0.25) is 4.79 Å². The number of aromatic nitrogens is 5. The minimum absolute atomic E-state index is 0.00000382. The lowest BCUT2D eigenvalue weighted by Gasteiger charge is -2.33. The van der Waals surface area contributed by atoms with Crippen molar-refractivity contribution < 1.29 is 22.7 Å². The number of hydrogen-bond donors (Lipinski definition) is 0. The van der Waals surface area contributed by atoms with E-state index < -0.39 is 11.9 Å². The van der Waals surface area contributed by atoms with Gasteiger partial charge in [0.1, 0.15) is 11.8 Å². The summed E-state index contributed by atoms with van der Waals surface area (Å²) in [7, 11) is 0. The van der Waals surface area contributed by atoms with Gasteiger partial charge in [0.25, 0.3) is 5.91 Å². The van der Waals surface area contributed by atoms with Crippen LogP contribution in [0.3, 0.4) is 0 Å². The van der Waals surface area contributed by atoms with Gasteiger partial charge in [-0.15, -0.1) is 10.2 Å². The molecule has 2 bridgehead atoms. The highest BCUT2D eigenvalue weighted by atomic mass is 19.4. The zero-order chi connectivity index (χ0) is 23.2. The molecule has 2 aliphatic rings. The molecular formula is C22H19F3N6O2. The summed E-state index contributed by atoms with van der Waals surface area (Å²) in [5.74, 6) is 0.388. The Bertz CT molecular complexity index is 1170. The molecule has 3 aromatic heterocycles. The number of carbonyl (C=O) groups excluding carboxylic acids is 1. The highest BCUT2D eigenvalue weighted by Crippen LogP contribution is 2.41. The standard InChI is InChI=1S/C22H19F3N6O2/c1-12-3-4-14(20-26-7-2-8-27-20)19(28-12)21(32)31-11-13-9-15(31)16(10-13)33-18-6-5-17(29-30-18)22(23,24)25/h2-8,13,15-16H,9-11H2,1H3. The number of nitrogens with zero attached hydrogens (tertiary/aromatic N) is 6. The molecule has 0 radical (unpaired) electrons. The summed E-state index contributed by atoms with van der Waals surface area (Å²) in [6.07, 6.45) is -0.324. The van der Waals surface area contributed by atoms with Crippen LogP contribution in [0.25, 0.3) is 11.4 Å². The van der Waals surface area contributed by atoms with Gasteiger partial charge in [-0.1, -0.05) is 0 Å². The van der Waals surface area contributed by atoms with Gasteiger partial charge < -0.3 is 9.64 Å². The van der Waals surface area contributed by atoms with Gasteiger partial charge in [0.2, 0.25) is 5.88 Å². The number of amides is 1. The maximum Gasteiger partial charge on any atom is 0.435 e. The van der Waals surface area contributed by atoms with Gasteiger partial charge in [0.05, 0.1) is 11.6 Å². The third kappa shape index (κ3) is 4.10. The average molecular weight is 456 g/mol. The number of fused-ring (bicyclic) bond motifs is 2. The molecule has 3 aromatic rings. The largest absolute Gasteiger partial charge is 0.471 e. The molecular weight excluding hydrogens is 437 g/mol. The van der Waals surface area contributed by atoms with E-state index in [2.05, 4.69) is 25.1 Å². The van der Waals surface area contributed by atoms with Gasteiger partial charge in [-0.25, -0.2) is 15.0 Å². The Morgan fingerprint density at radius 1 is 1.09 bits per heavy atom. The van der Waals surface area contributed by atoms with E-state index in [1.54, 1.807) is 42.4 Å². The van der Waals surface area contributed by atoms with E-state index in [-0.39, 0.29) is 35.5 Å². The first-order valence-corrected chi connectivity index (χ1v) is 10.4. The lowest BCUT2D eigenvalue weighted by molar-refractivity contribution is -0.141. The van der Waals surface area contributed by atoms with E-state index in [9.17, 15) is 18.0 Å². The SMILES string of the molecule is Cc1ccc(-c2ncccn2)c(C(=O)N2CC3CC(Oc4ccc(C(F)(F)F)nn4)C2C3)n1. The van der Waals surface area contributed by atoms with Crippen molar-refractivity contribution in [2.75, 3.05) is 6.54 Å². The highest BCUT2D eigenvalue weighted by Gasteiger charge is 2.49. The molecule has 0 spiro atoms. The van der Waals surface area contributed by atoms with Crippen molar-refractivity contribution in [1.82, 2.24) is 30.0 Å². The number of halogens is 3. The van der Waals surface area contributed by atoms with Gasteiger partial charge >= 0.3 is 6.18 Å². The molecule has 11 heteroatoms. The number of ether oxygens (including phenoxy) is 1. The van der Waals surface area contributed by atoms with E-state index in [1.165, 1.54) is 0 Å². The summed E-state index contributed by atoms with van der Waals surface area (Å²) in [6, 6.07) is 7.03. The molecule has 5 rings (SSSR count). The smallest absolute Gasteiger partial charge is 0.435 e. The van der Waals surface area contributed by atoms with Gasteiger partial charge in [0, 0.05) is 30.7 Å². The van der Waals surface area contributed by atoms with Crippen LogP contribution in [0, 0.1) is 12.8 Å². The molecule has 1 aliphatic carbocycles. The zero-order valence-electron chi connectivity index (χ0n) is 17.5. The molecule has 4 heterocycles. The molecule has 1 saturated carbocycles. The fraction of sp³-hybridized carbons (Fsp3) is 0.364. The van der Waals surface area contributed by atoms with E-state index in [4.69, 9.17) is 4.74 Å². The maximum absolute atomic E-state index is 13.5. The fourth-order valence-corrected chi connectivity index (χ4v) is 4.49. The molecule has 8 nitrogen and oxygen atoms in total. The van der Waals surface area contributed by atoms with Crippen LogP contribution < -0.4 is 4.74 Å². The number of aryl methyl sites for hydroxylation is 1. The Balaban J connectivity index is 1.37. The summed E-state index contributed by atoms with van der Waals surface area (Å²) in [5, 5.41) is 6.77. The first kappa shape index (κ1) is 21.2. The lowest BCUT2D eigenvalue weighted by atomic mass is 10.1. The van der Waals surface area contributed by atoms with Gasteiger partial charge in [-0.2, -0.15) is 13.2 Å². The Kier molecular flexibility index (Phi) is 5.18. The van der Waals surface area contributed by atoms with Gasteiger partial charge in [-0.05, 0) is 49.9 Å². The lowest BCUT2D eigenvalue weighted by Crippen LogP contribution is -2.47. The van der Waals surface area contributed by atoms with Crippen molar-refractivity contribution in [2.45, 2.75) is 38.1 Å². The minimum atomic E-state index is -4.57. The van der Waals surface area contributed by atoms with Crippen LogP contribution in [0.5, 0.6) is 5.88 Å². The Labute approximate surface area is 186 Å². The average Bonchev–Trinajstić information content (AvgIpc) is 3.39. The van der Waals surface area contributed by atoms with Crippen LogP contribution in [0.1, 0.15) is 34.7 Å². The number of carbonyl (C=O) groups is 1. The zero-order valence-corrected chi connectivity index (χ0v) is 17.5. The molecule has 1 saturated heterocycles. The Hall–Kier alpha value is -3.63. The first-order valence-electron chi connectivity index (χ1n) is 10.4. The fourth-order valence-electron chi connectivity index (χ4n) is 4.49. The van der Waals surface area contributed by atoms with Crippen molar-refractivity contribution in [3.8, 4) is 17.3 Å². The molecule has 2 fully saturated rings. The van der Waals surface area contributed by atoms with E-state index in [0.29, 0.717) is 30.0 Å². The number of pyridine rings is 1. The predicted octanol–water partition coefficient (Wildman–Crippen LogP) is 3.34. The van der Waals surface area contributed by atoms with Crippen LogP contribution in [-0.4, -0.2) is 54.6 Å². The molecule has 170 valence electrons. The van der Waals surface area contributed by atoms with Crippen molar-refractivity contribution in [3.05, 3.63) is 59.8 Å². The van der Waals surface area contributed by atoms with Crippen molar-refractivity contribution >= 4 is 5.91 Å². The Morgan fingerprint density at radius 3 is 2.55 bits per heavy atom. The van der Waals surface area contributed by atoms with Crippen molar-refractivity contribution in [2.24, 2.45) is 5.92 Å². The van der Waals surface area contributed by atoms with E-state index >= 15 is 0 Å². The third-order valence-electron chi connectivity index (χ3n) is 5.93. The molecule has 1 amide bonds. The summed E-state index contributed by atoms with van der Waals surface area (Å²) in [4.78, 5) is 28.2. The Morgan fingerprint density at radius 2 is 1.88 bits per heavy atom. The highest BCUT2D eigenvalue weighted by molar-refractivity contribution is 5.98. The molecule has 3 atom stereocenters. The molecule has 1 aliphatic heterocycles. The number of piperidine rings is 1. The molecule has 0 N–H and O–H groups in total. The summed E-state index contributed by atoms with van der Waals surface area (Å²) >= 11 is 0. The minimum Gasteiger partial charge on any atom is -0.471 e. The number of likely N-dealkylation sites (tertiary alicyclic amines) is 1. The molecule has 0 aromatic carbocycles. The second-order valence-electron chi connectivity index (χ2n) is 8.19. The summed E-state index contributed by atoms with van der Waals surface area (Å²) in [5.41, 5.74) is 0.415. The van der Waals surface area contributed by atoms with E-state index in [0.717, 1.165) is 18.6 Å². The van der Waals surface area contributed by atoms with Crippen molar-refractivity contribution in [1.29, 1.82) is 0 Å². The number of alkyl halides is 3. The van der Waals surface area contributed by atoms with Crippen LogP contribution in [0.2, 0.25) is 0 Å². The number of rotatable bonds is 4. The molecule has 3 unspecified atom stereocenters. The quantitative estimate of drug-likeness (QED) is 0.594. The maximum atomic E-state index is 13.5. The topological polar surface area (TPSA) is 94.0 Å². The summed E-state index contributed by atoms with van der Waals surface area (Å²) < 4.78 is 44.0. The monoisotopic (exact) mass is 456 g/mol. The van der Waals surface area contributed by atoms with E-state index in [1.807, 2.05) is 0 Å². The van der Waals surface area contributed by atoms with Crippen molar-refractivity contribution in [3.63, 3.8) is 0 Å². The van der Waals surface area contributed by atoms with Crippen LogP contribution >= 0.6 is 0 Å². The van der Waals surface area contributed by atoms with Crippen LogP contribution in [0.15, 0.2) is 42.7 Å². The molecule has 33 heavy (non-hydrogen) atoms. The predicted molar refractivity (Wildman–Crippen MR) is 109 cm³/mol. The second-order valence-corrected chi connectivity index (χ2v) is 8.19. The van der Waals surface area contributed by atoms with Crippen LogP contribution in [0.4, 0.5) is 13.2 Å². The van der Waals surface area contributed by atoms with Crippen LogP contribution in [-0.2, 0) is 6.18 Å². The normalized spacial score (nSPS) is 21.9. The third-order valence-corrected chi connectivity index (χ3v) is 5.93. The first-order chi connectivity index (χ1) is 15.8.